The van der Waals surface area contributed by atoms with Gasteiger partial charge in [0.05, 0.1) is 31.5 Å². The van der Waals surface area contributed by atoms with Gasteiger partial charge in [0.15, 0.2) is 0 Å². The summed E-state index contributed by atoms with van der Waals surface area (Å²) < 4.78 is 40.9. The van der Waals surface area contributed by atoms with Crippen molar-refractivity contribution in [2.75, 3.05) is 45.9 Å². The molecule has 3 aromatic rings. The Bertz CT molecular complexity index is 1560. The van der Waals surface area contributed by atoms with Gasteiger partial charge in [-0.15, -0.1) is 11.3 Å². The summed E-state index contributed by atoms with van der Waals surface area (Å²) in [6.45, 7) is 3.75. The third kappa shape index (κ3) is 5.61. The van der Waals surface area contributed by atoms with Gasteiger partial charge < -0.3 is 24.2 Å². The molecule has 41 heavy (non-hydrogen) atoms. The quantitative estimate of drug-likeness (QED) is 0.454. The smallest absolute Gasteiger partial charge is 0.310 e. The highest BCUT2D eigenvalue weighted by molar-refractivity contribution is 7.91. The SMILES string of the molecule is CC1Cc2nc(C(=O)N3CCN(S(=O)(=O)c4cc5ccc(Cl)cc5s4)CC3CC(=O)N3CCOCC3)oc2CN1O. The van der Waals surface area contributed by atoms with Gasteiger partial charge in [0.1, 0.15) is 9.97 Å². The number of fused-ring (bicyclic) bond motifs is 2. The fourth-order valence-electron chi connectivity index (χ4n) is 5.43. The Balaban J connectivity index is 1.27. The van der Waals surface area contributed by atoms with Crippen LogP contribution < -0.4 is 0 Å². The zero-order valence-corrected chi connectivity index (χ0v) is 24.8. The van der Waals surface area contributed by atoms with Gasteiger partial charge in [-0.1, -0.05) is 17.7 Å². The van der Waals surface area contributed by atoms with E-state index in [9.17, 15) is 23.2 Å². The molecule has 0 spiro atoms. The van der Waals surface area contributed by atoms with Crippen LogP contribution in [0.2, 0.25) is 5.02 Å². The fraction of sp³-hybridized carbons (Fsp3) is 0.500. The monoisotopic (exact) mass is 623 g/mol. The second-order valence-electron chi connectivity index (χ2n) is 10.5. The average molecular weight is 624 g/mol. The number of rotatable bonds is 5. The van der Waals surface area contributed by atoms with Crippen molar-refractivity contribution in [3.8, 4) is 0 Å². The number of benzene rings is 1. The van der Waals surface area contributed by atoms with Crippen LogP contribution in [0.1, 0.15) is 35.5 Å². The van der Waals surface area contributed by atoms with Crippen LogP contribution in [-0.2, 0) is 32.5 Å². The molecule has 2 saturated heterocycles. The summed E-state index contributed by atoms with van der Waals surface area (Å²) in [6.07, 6.45) is 0.371. The summed E-state index contributed by atoms with van der Waals surface area (Å²) in [5, 5.41) is 12.5. The molecule has 2 unspecified atom stereocenters. The largest absolute Gasteiger partial charge is 0.436 e. The molecule has 220 valence electrons. The van der Waals surface area contributed by atoms with E-state index in [2.05, 4.69) is 4.98 Å². The summed E-state index contributed by atoms with van der Waals surface area (Å²) in [6, 6.07) is 5.94. The van der Waals surface area contributed by atoms with Crippen molar-refractivity contribution < 1.29 is 32.4 Å². The molecule has 2 amide bonds. The number of nitrogens with zero attached hydrogens (tertiary/aromatic N) is 5. The molecule has 0 radical (unpaired) electrons. The van der Waals surface area contributed by atoms with Crippen LogP contribution in [0.4, 0.5) is 0 Å². The molecule has 2 fully saturated rings. The molecule has 1 aromatic carbocycles. The van der Waals surface area contributed by atoms with Crippen molar-refractivity contribution in [3.63, 3.8) is 0 Å². The summed E-state index contributed by atoms with van der Waals surface area (Å²) in [5.74, 6) is -0.395. The first-order chi connectivity index (χ1) is 19.6. The van der Waals surface area contributed by atoms with Crippen LogP contribution in [-0.4, -0.2) is 108 Å². The van der Waals surface area contributed by atoms with Crippen molar-refractivity contribution in [1.82, 2.24) is 24.2 Å². The second kappa shape index (κ2) is 11.2. The molecule has 0 bridgehead atoms. The van der Waals surface area contributed by atoms with Crippen molar-refractivity contribution in [2.45, 2.75) is 42.6 Å². The third-order valence-electron chi connectivity index (χ3n) is 7.80. The van der Waals surface area contributed by atoms with Crippen molar-refractivity contribution in [2.24, 2.45) is 0 Å². The molecule has 1 N–H and O–H groups in total. The topological polar surface area (TPSA) is 137 Å². The van der Waals surface area contributed by atoms with Gasteiger partial charge in [-0.2, -0.15) is 9.37 Å². The third-order valence-corrected chi connectivity index (χ3v) is 11.4. The molecular weight excluding hydrogens is 594 g/mol. The van der Waals surface area contributed by atoms with Crippen LogP contribution in [0.3, 0.4) is 0 Å². The second-order valence-corrected chi connectivity index (χ2v) is 14.2. The lowest BCUT2D eigenvalue weighted by Gasteiger charge is -2.40. The summed E-state index contributed by atoms with van der Waals surface area (Å²) >= 11 is 7.24. The van der Waals surface area contributed by atoms with Crippen LogP contribution in [0.5, 0.6) is 0 Å². The molecular formula is C26H30ClN5O7S2. The Hall–Kier alpha value is -2.59. The average Bonchev–Trinajstić information content (AvgIpc) is 3.57. The van der Waals surface area contributed by atoms with E-state index >= 15 is 0 Å². The Morgan fingerprint density at radius 3 is 2.73 bits per heavy atom. The van der Waals surface area contributed by atoms with Crippen LogP contribution in [0, 0.1) is 0 Å². The molecule has 12 nitrogen and oxygen atoms in total. The number of thiophene rings is 1. The van der Waals surface area contributed by atoms with Gasteiger partial charge in [-0.3, -0.25) is 9.59 Å². The maximum Gasteiger partial charge on any atom is 0.310 e. The Kier molecular flexibility index (Phi) is 7.82. The fourth-order valence-corrected chi connectivity index (χ4v) is 8.73. The zero-order chi connectivity index (χ0) is 28.9. The highest BCUT2D eigenvalue weighted by atomic mass is 35.5. The minimum absolute atomic E-state index is 0.0488. The van der Waals surface area contributed by atoms with Crippen molar-refractivity contribution in [1.29, 1.82) is 0 Å². The van der Waals surface area contributed by atoms with Crippen molar-refractivity contribution >= 4 is 54.9 Å². The van der Waals surface area contributed by atoms with Gasteiger partial charge in [0, 0.05) is 61.3 Å². The number of piperazine rings is 1. The maximum absolute atomic E-state index is 13.7. The molecule has 2 atom stereocenters. The number of carbonyl (C=O) groups excluding carboxylic acids is 2. The molecule has 3 aliphatic rings. The summed E-state index contributed by atoms with van der Waals surface area (Å²) in [5.41, 5.74) is 0.609. The number of halogens is 1. The number of ether oxygens (including phenoxy) is 1. The predicted octanol–water partition coefficient (Wildman–Crippen LogP) is 2.44. The number of aromatic nitrogens is 1. The molecule has 0 saturated carbocycles. The molecule has 3 aliphatic heterocycles. The van der Waals surface area contributed by atoms with Gasteiger partial charge in [0.25, 0.3) is 15.9 Å². The van der Waals surface area contributed by atoms with E-state index < -0.39 is 22.0 Å². The number of hydrogen-bond donors (Lipinski definition) is 1. The van der Waals surface area contributed by atoms with Gasteiger partial charge in [-0.25, -0.2) is 13.4 Å². The lowest BCUT2D eigenvalue weighted by Crippen LogP contribution is -2.58. The Labute approximate surface area is 246 Å². The summed E-state index contributed by atoms with van der Waals surface area (Å²) in [7, 11) is -3.91. The zero-order valence-electron chi connectivity index (χ0n) is 22.4. The van der Waals surface area contributed by atoms with Gasteiger partial charge >= 0.3 is 5.91 Å². The normalized spacial score (nSPS) is 22.7. The van der Waals surface area contributed by atoms with Gasteiger partial charge in [0.2, 0.25) is 5.91 Å². The van der Waals surface area contributed by atoms with Gasteiger partial charge in [-0.05, 0) is 30.5 Å². The van der Waals surface area contributed by atoms with E-state index in [0.717, 1.165) is 26.5 Å². The number of hydroxylamine groups is 2. The number of amides is 2. The predicted molar refractivity (Wildman–Crippen MR) is 149 cm³/mol. The number of morpholine rings is 1. The van der Waals surface area contributed by atoms with Crippen LogP contribution in [0.15, 0.2) is 32.9 Å². The van der Waals surface area contributed by atoms with E-state index in [1.807, 2.05) is 6.92 Å². The lowest BCUT2D eigenvalue weighted by atomic mass is 10.1. The number of sulfonamides is 1. The standard InChI is InChI=1S/C26H30ClN5O7S2/c1-16-10-20-21(15-32(16)35)39-25(28-20)26(34)31-5-4-30(14-19(31)13-23(33)29-6-8-38-9-7-29)41(36,37)24-11-17-2-3-18(27)12-22(17)40-24/h2-3,11-12,16,19,35H,4-10,13-15H2,1H3. The number of oxazole rings is 1. The first-order valence-electron chi connectivity index (χ1n) is 13.4. The molecule has 6 rings (SSSR count). The van der Waals surface area contributed by atoms with E-state index in [4.69, 9.17) is 20.8 Å². The number of carbonyl (C=O) groups is 2. The summed E-state index contributed by atoms with van der Waals surface area (Å²) in [4.78, 5) is 34.5. The first kappa shape index (κ1) is 28.5. The molecule has 2 aromatic heterocycles. The molecule has 5 heterocycles. The highest BCUT2D eigenvalue weighted by Gasteiger charge is 2.41. The maximum atomic E-state index is 13.7. The van der Waals surface area contributed by atoms with E-state index in [0.29, 0.717) is 49.2 Å². The lowest BCUT2D eigenvalue weighted by molar-refractivity contribution is -0.139. The van der Waals surface area contributed by atoms with Crippen molar-refractivity contribution in [3.05, 3.63) is 46.6 Å². The number of hydrogen-bond acceptors (Lipinski definition) is 10. The molecule has 15 heteroatoms. The minimum Gasteiger partial charge on any atom is -0.436 e. The van der Waals surface area contributed by atoms with Crippen LogP contribution >= 0.6 is 22.9 Å². The first-order valence-corrected chi connectivity index (χ1v) is 16.0. The van der Waals surface area contributed by atoms with E-state index in [1.165, 1.54) is 9.21 Å². The van der Waals surface area contributed by atoms with Crippen LogP contribution in [0.25, 0.3) is 10.1 Å². The van der Waals surface area contributed by atoms with E-state index in [1.54, 1.807) is 29.2 Å². The van der Waals surface area contributed by atoms with E-state index in [-0.39, 0.29) is 54.6 Å². The molecule has 0 aliphatic carbocycles. The Morgan fingerprint density at radius 2 is 1.95 bits per heavy atom. The Morgan fingerprint density at radius 1 is 1.17 bits per heavy atom. The highest BCUT2D eigenvalue weighted by Crippen LogP contribution is 2.34. The minimum atomic E-state index is -3.91.